The normalized spacial score (nSPS) is 17.0. The smallest absolute Gasteiger partial charge is 0.332 e. The van der Waals surface area contributed by atoms with E-state index in [1.54, 1.807) is 6.92 Å². The molecule has 3 amide bonds. The number of nitrogens with zero attached hydrogens (tertiary/aromatic N) is 2. The fourth-order valence-electron chi connectivity index (χ4n) is 3.91. The van der Waals surface area contributed by atoms with Gasteiger partial charge in [-0.3, -0.25) is 14.9 Å². The summed E-state index contributed by atoms with van der Waals surface area (Å²) in [6, 6.07) is 1.72. The molecular formula is C20H21N5O7. The lowest BCUT2D eigenvalue weighted by atomic mass is 9.75. The lowest BCUT2D eigenvalue weighted by molar-refractivity contribution is -0.384. The molecule has 0 bridgehead atoms. The van der Waals surface area contributed by atoms with Crippen LogP contribution in [0.5, 0.6) is 11.5 Å². The topological polar surface area (TPSA) is 171 Å². The molecule has 0 saturated carbocycles. The van der Waals surface area contributed by atoms with Crippen LogP contribution in [0.25, 0.3) is 0 Å². The van der Waals surface area contributed by atoms with Crippen molar-refractivity contribution in [1.29, 1.82) is 0 Å². The minimum Gasteiger partial charge on any atom is -0.455 e. The number of benzene rings is 1. The van der Waals surface area contributed by atoms with Crippen LogP contribution < -0.4 is 25.9 Å². The van der Waals surface area contributed by atoms with Crippen molar-refractivity contribution in [3.8, 4) is 11.5 Å². The molecule has 1 aliphatic carbocycles. The monoisotopic (exact) mass is 443 g/mol. The number of anilines is 1. The number of nitrogens with one attached hydrogen (secondary N) is 2. The first-order chi connectivity index (χ1) is 15.1. The lowest BCUT2D eigenvalue weighted by Gasteiger charge is -2.29. The van der Waals surface area contributed by atoms with Crippen molar-refractivity contribution in [2.75, 3.05) is 12.1 Å². The third kappa shape index (κ3) is 3.82. The van der Waals surface area contributed by atoms with Crippen LogP contribution >= 0.6 is 0 Å². The number of amides is 3. The molecule has 2 heterocycles. The number of furan rings is 1. The maximum Gasteiger partial charge on any atom is 0.332 e. The first kappa shape index (κ1) is 21.2. The number of fused-ring (bicyclic) bond motifs is 2. The zero-order valence-electron chi connectivity index (χ0n) is 17.6. The Hall–Kier alpha value is -4.09. The third-order valence-electron chi connectivity index (χ3n) is 5.24. The van der Waals surface area contributed by atoms with Gasteiger partial charge in [-0.25, -0.2) is 10.2 Å². The highest BCUT2D eigenvalue weighted by Gasteiger charge is 2.36. The minimum absolute atomic E-state index is 0.00793. The molecule has 1 aromatic carbocycles. The molecule has 0 unspecified atom stereocenters. The van der Waals surface area contributed by atoms with Crippen LogP contribution in [0.2, 0.25) is 0 Å². The van der Waals surface area contributed by atoms with E-state index in [-0.39, 0.29) is 40.8 Å². The molecule has 4 N–H and O–H groups in total. The fourth-order valence-corrected chi connectivity index (χ4v) is 3.91. The molecule has 0 atom stereocenters. The second kappa shape index (κ2) is 7.55. The van der Waals surface area contributed by atoms with Crippen LogP contribution in [0.1, 0.15) is 47.7 Å². The van der Waals surface area contributed by atoms with E-state index in [0.29, 0.717) is 35.4 Å². The number of hydrogen-bond donors (Lipinski definition) is 3. The van der Waals surface area contributed by atoms with Crippen LogP contribution in [-0.2, 0) is 6.42 Å². The Balaban J connectivity index is 1.71. The molecule has 0 spiro atoms. The fraction of sp³-hybridized carbons (Fsp3) is 0.350. The molecule has 0 saturated heterocycles. The number of hydrogen-bond acceptors (Lipinski definition) is 8. The summed E-state index contributed by atoms with van der Waals surface area (Å²) in [6.07, 6.45) is 1.06. The summed E-state index contributed by atoms with van der Waals surface area (Å²) in [7, 11) is 0. The Kier molecular flexibility index (Phi) is 4.99. The number of nitro benzene ring substituents is 1. The summed E-state index contributed by atoms with van der Waals surface area (Å²) >= 11 is 0. The summed E-state index contributed by atoms with van der Waals surface area (Å²) in [5, 5.41) is 18.1. The van der Waals surface area contributed by atoms with E-state index in [0.717, 1.165) is 0 Å². The van der Waals surface area contributed by atoms with Crippen molar-refractivity contribution in [1.82, 2.24) is 5.43 Å². The van der Waals surface area contributed by atoms with Gasteiger partial charge in [-0.15, -0.1) is 0 Å². The number of carbonyl (C=O) groups excluding carboxylic acids is 2. The molecule has 12 heteroatoms. The predicted molar refractivity (Wildman–Crippen MR) is 112 cm³/mol. The van der Waals surface area contributed by atoms with Crippen LogP contribution in [0.4, 0.5) is 16.2 Å². The zero-order valence-corrected chi connectivity index (χ0v) is 17.6. The number of primary amides is 1. The Morgan fingerprint density at radius 1 is 1.22 bits per heavy atom. The Morgan fingerprint density at radius 2 is 1.91 bits per heavy atom. The first-order valence-electron chi connectivity index (χ1n) is 9.70. The number of hydrazone groups is 1. The zero-order chi connectivity index (χ0) is 23.2. The molecule has 0 radical (unpaired) electrons. The Morgan fingerprint density at radius 3 is 2.56 bits per heavy atom. The summed E-state index contributed by atoms with van der Waals surface area (Å²) < 4.78 is 16.3. The average Bonchev–Trinajstić information content (AvgIpc) is 3.28. The number of nitrogens with two attached hydrogens (primary N) is 1. The molecule has 4 rings (SSSR count). The van der Waals surface area contributed by atoms with Crippen molar-refractivity contribution in [3.05, 3.63) is 44.9 Å². The van der Waals surface area contributed by atoms with E-state index < -0.39 is 16.9 Å². The Bertz CT molecular complexity index is 1180. The summed E-state index contributed by atoms with van der Waals surface area (Å²) in [5.41, 5.74) is 8.38. The average molecular weight is 443 g/mol. The van der Waals surface area contributed by atoms with Gasteiger partial charge in [0.2, 0.25) is 6.79 Å². The van der Waals surface area contributed by atoms with Gasteiger partial charge in [0.25, 0.3) is 11.6 Å². The minimum atomic E-state index is -0.809. The predicted octanol–water partition coefficient (Wildman–Crippen LogP) is 2.82. The van der Waals surface area contributed by atoms with Gasteiger partial charge in [0.15, 0.2) is 17.3 Å². The highest BCUT2D eigenvalue weighted by Crippen LogP contribution is 2.42. The quantitative estimate of drug-likeness (QED) is 0.481. The van der Waals surface area contributed by atoms with Gasteiger partial charge < -0.3 is 24.9 Å². The Labute approximate surface area is 181 Å². The molecule has 12 nitrogen and oxygen atoms in total. The van der Waals surface area contributed by atoms with Crippen molar-refractivity contribution in [2.24, 2.45) is 16.3 Å². The van der Waals surface area contributed by atoms with E-state index in [1.807, 2.05) is 13.8 Å². The highest BCUT2D eigenvalue weighted by molar-refractivity contribution is 6.10. The maximum absolute atomic E-state index is 13.0. The van der Waals surface area contributed by atoms with Crippen molar-refractivity contribution >= 4 is 29.0 Å². The number of urea groups is 1. The van der Waals surface area contributed by atoms with E-state index in [9.17, 15) is 19.7 Å². The first-order valence-corrected chi connectivity index (χ1v) is 9.70. The number of rotatable bonds is 4. The molecule has 32 heavy (non-hydrogen) atoms. The summed E-state index contributed by atoms with van der Waals surface area (Å²) in [4.78, 5) is 35.0. The van der Waals surface area contributed by atoms with Crippen LogP contribution in [0, 0.1) is 22.5 Å². The van der Waals surface area contributed by atoms with Crippen molar-refractivity contribution < 1.29 is 28.4 Å². The van der Waals surface area contributed by atoms with Gasteiger partial charge in [0, 0.05) is 23.6 Å². The van der Waals surface area contributed by atoms with E-state index in [2.05, 4.69) is 15.8 Å². The molecule has 2 aliphatic rings. The summed E-state index contributed by atoms with van der Waals surface area (Å²) in [6.45, 7) is 5.63. The van der Waals surface area contributed by atoms with Crippen molar-refractivity contribution in [2.45, 2.75) is 33.6 Å². The second-order valence-electron chi connectivity index (χ2n) is 8.34. The molecule has 1 aromatic heterocycles. The molecule has 0 fully saturated rings. The molecule has 2 aromatic rings. The standard InChI is InChI=1S/C20H21N5O7/c1-9-16-11(23-24-19(21)27)6-20(2,3)7-15(16)32-17(9)18(26)22-10-4-13-14(31-8-30-13)5-12(10)25(28)29/h4-5H,6-8H2,1-3H3,(H,22,26)(H3,21,24,27)/b23-11-. The van der Waals surface area contributed by atoms with Gasteiger partial charge in [-0.2, -0.15) is 5.10 Å². The number of carbonyl (C=O) groups is 2. The van der Waals surface area contributed by atoms with Gasteiger partial charge in [0.1, 0.15) is 11.4 Å². The van der Waals surface area contributed by atoms with Gasteiger partial charge in [0.05, 0.1) is 16.7 Å². The van der Waals surface area contributed by atoms with Crippen LogP contribution in [0.3, 0.4) is 0 Å². The highest BCUT2D eigenvalue weighted by atomic mass is 16.7. The largest absolute Gasteiger partial charge is 0.455 e. The van der Waals surface area contributed by atoms with Gasteiger partial charge >= 0.3 is 6.03 Å². The van der Waals surface area contributed by atoms with Gasteiger partial charge in [-0.1, -0.05) is 13.8 Å². The van der Waals surface area contributed by atoms with Crippen LogP contribution in [0.15, 0.2) is 21.7 Å². The maximum atomic E-state index is 13.0. The van der Waals surface area contributed by atoms with E-state index >= 15 is 0 Å². The lowest BCUT2D eigenvalue weighted by Crippen LogP contribution is -2.31. The number of ether oxygens (including phenoxy) is 2. The van der Waals surface area contributed by atoms with Gasteiger partial charge in [-0.05, 0) is 18.8 Å². The van der Waals surface area contributed by atoms with E-state index in [4.69, 9.17) is 19.6 Å². The molecule has 1 aliphatic heterocycles. The van der Waals surface area contributed by atoms with Crippen LogP contribution in [-0.4, -0.2) is 29.4 Å². The SMILES string of the molecule is Cc1c(C(=O)Nc2cc3c(cc2[N+](=O)[O-])OCO3)oc2c1/C(=N\NC(N)=O)CC(C)(C)C2. The van der Waals surface area contributed by atoms with Crippen molar-refractivity contribution in [3.63, 3.8) is 0 Å². The third-order valence-corrected chi connectivity index (χ3v) is 5.24. The summed E-state index contributed by atoms with van der Waals surface area (Å²) in [5.74, 6) is 0.374. The second-order valence-corrected chi connectivity index (χ2v) is 8.34. The number of nitro groups is 1. The van der Waals surface area contributed by atoms with E-state index in [1.165, 1.54) is 12.1 Å². The molecular weight excluding hydrogens is 422 g/mol. The molecule has 168 valence electrons.